The minimum absolute atomic E-state index is 0.268. The second-order valence-corrected chi connectivity index (χ2v) is 4.06. The summed E-state index contributed by atoms with van der Waals surface area (Å²) in [6, 6.07) is 1.50. The van der Waals surface area contributed by atoms with Crippen LogP contribution in [0.1, 0.15) is 12.5 Å². The van der Waals surface area contributed by atoms with Gasteiger partial charge in [0.2, 0.25) is 0 Å². The lowest BCUT2D eigenvalue weighted by atomic mass is 10.2. The smallest absolute Gasteiger partial charge is 0.141 e. The predicted molar refractivity (Wildman–Crippen MR) is 46.3 cm³/mol. The van der Waals surface area contributed by atoms with Crippen LogP contribution in [-0.2, 0) is 6.42 Å². The van der Waals surface area contributed by atoms with Crippen molar-refractivity contribution >= 4 is 15.9 Å². The normalized spacial score (nSPS) is 13.0. The summed E-state index contributed by atoms with van der Waals surface area (Å²) in [7, 11) is 0. The van der Waals surface area contributed by atoms with E-state index in [1.807, 2.05) is 6.92 Å². The minimum Gasteiger partial charge on any atom is -0.261 e. The fraction of sp³-hybridized carbons (Fsp3) is 0.375. The van der Waals surface area contributed by atoms with Crippen molar-refractivity contribution in [3.8, 4) is 0 Å². The SMILES string of the molecule is CC(Br)Cc1cncc(F)c1. The molecule has 0 aromatic carbocycles. The first-order valence-corrected chi connectivity index (χ1v) is 4.33. The molecule has 60 valence electrons. The molecule has 0 spiro atoms. The Morgan fingerprint density at radius 3 is 2.91 bits per heavy atom. The molecule has 1 rings (SSSR count). The minimum atomic E-state index is -0.268. The van der Waals surface area contributed by atoms with Crippen LogP contribution in [0.2, 0.25) is 0 Å². The molecule has 0 bridgehead atoms. The van der Waals surface area contributed by atoms with E-state index in [0.29, 0.717) is 4.83 Å². The van der Waals surface area contributed by atoms with Gasteiger partial charge in [-0.1, -0.05) is 22.9 Å². The first kappa shape index (κ1) is 8.65. The van der Waals surface area contributed by atoms with Crippen molar-refractivity contribution in [1.29, 1.82) is 0 Å². The number of pyridine rings is 1. The maximum absolute atomic E-state index is 12.5. The van der Waals surface area contributed by atoms with E-state index in [9.17, 15) is 4.39 Å². The van der Waals surface area contributed by atoms with Crippen LogP contribution in [0, 0.1) is 5.82 Å². The topological polar surface area (TPSA) is 12.9 Å². The molecule has 0 saturated carbocycles. The fourth-order valence-electron chi connectivity index (χ4n) is 0.892. The first-order valence-electron chi connectivity index (χ1n) is 3.42. The molecule has 11 heavy (non-hydrogen) atoms. The van der Waals surface area contributed by atoms with Crippen LogP contribution in [0.25, 0.3) is 0 Å². The van der Waals surface area contributed by atoms with E-state index in [-0.39, 0.29) is 5.82 Å². The molecule has 3 heteroatoms. The van der Waals surface area contributed by atoms with Crippen LogP contribution in [0.3, 0.4) is 0 Å². The monoisotopic (exact) mass is 217 g/mol. The Morgan fingerprint density at radius 1 is 1.64 bits per heavy atom. The number of aromatic nitrogens is 1. The van der Waals surface area contributed by atoms with Gasteiger partial charge in [-0.25, -0.2) is 4.39 Å². The fourth-order valence-corrected chi connectivity index (χ4v) is 1.27. The second-order valence-electron chi connectivity index (χ2n) is 2.50. The van der Waals surface area contributed by atoms with Crippen molar-refractivity contribution in [2.45, 2.75) is 18.2 Å². The van der Waals surface area contributed by atoms with E-state index in [1.54, 1.807) is 6.20 Å². The maximum Gasteiger partial charge on any atom is 0.141 e. The molecule has 1 unspecified atom stereocenters. The maximum atomic E-state index is 12.5. The molecule has 1 nitrogen and oxygen atoms in total. The Hall–Kier alpha value is -0.440. The van der Waals surface area contributed by atoms with Gasteiger partial charge < -0.3 is 0 Å². The molecule has 0 saturated heterocycles. The molecule has 0 aliphatic heterocycles. The second kappa shape index (κ2) is 3.81. The Balaban J connectivity index is 2.71. The number of hydrogen-bond donors (Lipinski definition) is 0. The third kappa shape index (κ3) is 2.97. The van der Waals surface area contributed by atoms with Crippen molar-refractivity contribution in [2.75, 3.05) is 0 Å². The highest BCUT2D eigenvalue weighted by atomic mass is 79.9. The molecule has 0 fully saturated rings. The Bertz CT molecular complexity index is 237. The van der Waals surface area contributed by atoms with E-state index in [2.05, 4.69) is 20.9 Å². The molecule has 0 N–H and O–H groups in total. The van der Waals surface area contributed by atoms with E-state index in [0.717, 1.165) is 12.0 Å². The van der Waals surface area contributed by atoms with Crippen molar-refractivity contribution in [1.82, 2.24) is 4.98 Å². The Kier molecular flexibility index (Phi) is 3.00. The van der Waals surface area contributed by atoms with E-state index in [1.165, 1.54) is 12.3 Å². The van der Waals surface area contributed by atoms with E-state index in [4.69, 9.17) is 0 Å². The number of nitrogens with zero attached hydrogens (tertiary/aromatic N) is 1. The zero-order valence-corrected chi connectivity index (χ0v) is 7.81. The molecule has 0 amide bonds. The van der Waals surface area contributed by atoms with Crippen molar-refractivity contribution in [2.24, 2.45) is 0 Å². The van der Waals surface area contributed by atoms with Gasteiger partial charge in [-0.2, -0.15) is 0 Å². The number of halogens is 2. The largest absolute Gasteiger partial charge is 0.261 e. The van der Waals surface area contributed by atoms with Gasteiger partial charge in [0.05, 0.1) is 6.20 Å². The van der Waals surface area contributed by atoms with Crippen LogP contribution in [0.5, 0.6) is 0 Å². The highest BCUT2D eigenvalue weighted by molar-refractivity contribution is 9.09. The summed E-state index contributed by atoms with van der Waals surface area (Å²) in [4.78, 5) is 4.11. The molecule has 0 aliphatic rings. The molecule has 1 heterocycles. The van der Waals surface area contributed by atoms with Crippen molar-refractivity contribution in [3.05, 3.63) is 29.8 Å². The molecule has 0 radical (unpaired) electrons. The van der Waals surface area contributed by atoms with Gasteiger partial charge >= 0.3 is 0 Å². The lowest BCUT2D eigenvalue weighted by molar-refractivity contribution is 0.618. The van der Waals surface area contributed by atoms with Gasteiger partial charge in [-0.15, -0.1) is 0 Å². The van der Waals surface area contributed by atoms with E-state index >= 15 is 0 Å². The molecular formula is C8H9BrFN. The van der Waals surface area contributed by atoms with Gasteiger partial charge in [-0.05, 0) is 18.1 Å². The van der Waals surface area contributed by atoms with Crippen LogP contribution >= 0.6 is 15.9 Å². The summed E-state index contributed by atoms with van der Waals surface area (Å²) >= 11 is 3.39. The summed E-state index contributed by atoms with van der Waals surface area (Å²) in [5.41, 5.74) is 0.925. The highest BCUT2D eigenvalue weighted by Gasteiger charge is 1.99. The lowest BCUT2D eigenvalue weighted by Gasteiger charge is -2.01. The standard InChI is InChI=1S/C8H9BrFN/c1-6(9)2-7-3-8(10)5-11-4-7/h3-6H,2H2,1H3. The molecule has 1 aromatic heterocycles. The molecule has 1 aromatic rings. The summed E-state index contributed by atoms with van der Waals surface area (Å²) in [5, 5.41) is 0. The van der Waals surface area contributed by atoms with Gasteiger partial charge in [0, 0.05) is 11.0 Å². The zero-order chi connectivity index (χ0) is 8.27. The third-order valence-corrected chi connectivity index (χ3v) is 1.60. The summed E-state index contributed by atoms with van der Waals surface area (Å²) in [6.07, 6.45) is 3.70. The van der Waals surface area contributed by atoms with E-state index < -0.39 is 0 Å². The van der Waals surface area contributed by atoms with Gasteiger partial charge in [0.15, 0.2) is 0 Å². The molecular weight excluding hydrogens is 209 g/mol. The summed E-state index contributed by atoms with van der Waals surface area (Å²) < 4.78 is 12.5. The number of hydrogen-bond acceptors (Lipinski definition) is 1. The molecule has 0 aliphatic carbocycles. The van der Waals surface area contributed by atoms with Crippen molar-refractivity contribution in [3.63, 3.8) is 0 Å². The molecule has 1 atom stereocenters. The first-order chi connectivity index (χ1) is 5.18. The van der Waals surface area contributed by atoms with Crippen LogP contribution < -0.4 is 0 Å². The summed E-state index contributed by atoms with van der Waals surface area (Å²) in [5.74, 6) is -0.268. The number of alkyl halides is 1. The third-order valence-electron chi connectivity index (χ3n) is 1.28. The van der Waals surface area contributed by atoms with Gasteiger partial charge in [0.25, 0.3) is 0 Å². The van der Waals surface area contributed by atoms with Crippen molar-refractivity contribution < 1.29 is 4.39 Å². The average molecular weight is 218 g/mol. The van der Waals surface area contributed by atoms with Crippen LogP contribution in [0.4, 0.5) is 4.39 Å². The quantitative estimate of drug-likeness (QED) is 0.695. The summed E-state index contributed by atoms with van der Waals surface area (Å²) in [6.45, 7) is 2.02. The highest BCUT2D eigenvalue weighted by Crippen LogP contribution is 2.08. The van der Waals surface area contributed by atoms with Gasteiger partial charge in [0.1, 0.15) is 5.82 Å². The Morgan fingerprint density at radius 2 is 2.36 bits per heavy atom. The van der Waals surface area contributed by atoms with Crippen LogP contribution in [-0.4, -0.2) is 9.81 Å². The predicted octanol–water partition coefficient (Wildman–Crippen LogP) is 2.55. The Labute approximate surface area is 73.8 Å². The van der Waals surface area contributed by atoms with Crippen LogP contribution in [0.15, 0.2) is 18.5 Å². The number of rotatable bonds is 2. The average Bonchev–Trinajstić information content (AvgIpc) is 1.85. The lowest BCUT2D eigenvalue weighted by Crippen LogP contribution is -1.97. The zero-order valence-electron chi connectivity index (χ0n) is 6.22. The van der Waals surface area contributed by atoms with Gasteiger partial charge in [-0.3, -0.25) is 4.98 Å².